The normalized spacial score (nSPS) is 11.6. The van der Waals surface area contributed by atoms with E-state index in [1.165, 1.54) is 6.20 Å². The van der Waals surface area contributed by atoms with Gasteiger partial charge in [0.15, 0.2) is 5.65 Å². The highest BCUT2D eigenvalue weighted by Crippen LogP contribution is 2.15. The lowest BCUT2D eigenvalue weighted by Crippen LogP contribution is -2.38. The van der Waals surface area contributed by atoms with E-state index >= 15 is 0 Å². The summed E-state index contributed by atoms with van der Waals surface area (Å²) in [5.74, 6) is -1.34. The minimum absolute atomic E-state index is 0.0311. The number of aryl methyl sites for hydroxylation is 2. The van der Waals surface area contributed by atoms with Gasteiger partial charge in [0.25, 0.3) is 5.91 Å². The highest BCUT2D eigenvalue weighted by molar-refractivity contribution is 5.99. The van der Waals surface area contributed by atoms with Gasteiger partial charge in [-0.05, 0) is 33.8 Å². The van der Waals surface area contributed by atoms with Gasteiger partial charge in [0.2, 0.25) is 0 Å². The predicted molar refractivity (Wildman–Crippen MR) is 76.2 cm³/mol. The second-order valence-electron chi connectivity index (χ2n) is 5.70. The number of hydrogen-bond donors (Lipinski definition) is 2. The first-order valence-corrected chi connectivity index (χ1v) is 6.56. The van der Waals surface area contributed by atoms with E-state index in [1.54, 1.807) is 18.4 Å². The Bertz CT molecular complexity index is 718. The molecule has 0 fully saturated rings. The Morgan fingerprint density at radius 1 is 1.38 bits per heavy atom. The van der Waals surface area contributed by atoms with Gasteiger partial charge in [-0.2, -0.15) is 5.10 Å². The third-order valence-electron chi connectivity index (χ3n) is 3.29. The summed E-state index contributed by atoms with van der Waals surface area (Å²) in [6.45, 7) is 6.86. The first-order chi connectivity index (χ1) is 9.72. The minimum atomic E-state index is -1.03. The van der Waals surface area contributed by atoms with E-state index < -0.39 is 11.4 Å². The number of carboxylic acid groups (broad SMARTS) is 1. The van der Waals surface area contributed by atoms with Crippen LogP contribution in [0.1, 0.15) is 35.6 Å². The van der Waals surface area contributed by atoms with Crippen LogP contribution in [0.3, 0.4) is 0 Å². The Labute approximate surface area is 122 Å². The lowest BCUT2D eigenvalue weighted by Gasteiger charge is -2.19. The van der Waals surface area contributed by atoms with Crippen LogP contribution < -0.4 is 5.32 Å². The molecule has 2 aromatic heterocycles. The van der Waals surface area contributed by atoms with Crippen molar-refractivity contribution in [3.8, 4) is 0 Å². The molecule has 2 rings (SSSR count). The van der Waals surface area contributed by atoms with Crippen LogP contribution in [0.2, 0.25) is 0 Å². The largest absolute Gasteiger partial charge is 0.481 e. The summed E-state index contributed by atoms with van der Waals surface area (Å²) < 4.78 is 1.59. The Kier molecular flexibility index (Phi) is 3.67. The number of aromatic nitrogens is 3. The third-order valence-corrected chi connectivity index (χ3v) is 3.29. The van der Waals surface area contributed by atoms with E-state index in [4.69, 9.17) is 5.11 Å². The van der Waals surface area contributed by atoms with Crippen molar-refractivity contribution in [2.24, 2.45) is 5.41 Å². The van der Waals surface area contributed by atoms with Gasteiger partial charge in [-0.15, -0.1) is 0 Å². The molecule has 1 amide bonds. The number of carbonyl (C=O) groups excluding carboxylic acids is 1. The molecule has 0 aromatic carbocycles. The van der Waals surface area contributed by atoms with Crippen molar-refractivity contribution in [3.05, 3.63) is 29.2 Å². The fourth-order valence-electron chi connectivity index (χ4n) is 1.90. The number of carbonyl (C=O) groups is 2. The third kappa shape index (κ3) is 2.86. The average molecular weight is 290 g/mol. The second kappa shape index (κ2) is 5.16. The van der Waals surface area contributed by atoms with Gasteiger partial charge in [0.05, 0.1) is 11.6 Å². The standard InChI is InChI=1S/C14H18N4O3/c1-8-5-9(2)18-11(17-8)10(6-16-18)12(19)15-7-14(3,4)13(20)21/h5-6H,7H2,1-4H3,(H,15,19)(H,20,21). The smallest absolute Gasteiger partial charge is 0.310 e. The number of rotatable bonds is 4. The second-order valence-corrected chi connectivity index (χ2v) is 5.70. The monoisotopic (exact) mass is 290 g/mol. The Morgan fingerprint density at radius 2 is 2.05 bits per heavy atom. The number of amides is 1. The lowest BCUT2D eigenvalue weighted by molar-refractivity contribution is -0.146. The highest BCUT2D eigenvalue weighted by Gasteiger charge is 2.28. The molecular weight excluding hydrogens is 272 g/mol. The summed E-state index contributed by atoms with van der Waals surface area (Å²) in [4.78, 5) is 27.6. The summed E-state index contributed by atoms with van der Waals surface area (Å²) in [6.07, 6.45) is 1.44. The summed E-state index contributed by atoms with van der Waals surface area (Å²) in [6, 6.07) is 1.87. The zero-order valence-electron chi connectivity index (χ0n) is 12.5. The molecule has 0 saturated carbocycles. The van der Waals surface area contributed by atoms with Crippen LogP contribution in [0.4, 0.5) is 0 Å². The Morgan fingerprint density at radius 3 is 2.67 bits per heavy atom. The highest BCUT2D eigenvalue weighted by atomic mass is 16.4. The number of hydrogen-bond acceptors (Lipinski definition) is 4. The molecular formula is C14H18N4O3. The zero-order valence-corrected chi connectivity index (χ0v) is 12.5. The van der Waals surface area contributed by atoms with E-state index in [2.05, 4.69) is 15.4 Å². The molecule has 2 heterocycles. The van der Waals surface area contributed by atoms with E-state index in [0.717, 1.165) is 11.4 Å². The Balaban J connectivity index is 2.27. The van der Waals surface area contributed by atoms with Gasteiger partial charge in [0, 0.05) is 17.9 Å². The molecule has 7 nitrogen and oxygen atoms in total. The van der Waals surface area contributed by atoms with Crippen molar-refractivity contribution in [1.29, 1.82) is 0 Å². The molecule has 112 valence electrons. The molecule has 0 aliphatic carbocycles. The molecule has 0 aliphatic heterocycles. The van der Waals surface area contributed by atoms with Crippen LogP contribution in [0, 0.1) is 19.3 Å². The summed E-state index contributed by atoms with van der Waals surface area (Å²) >= 11 is 0. The first-order valence-electron chi connectivity index (χ1n) is 6.56. The maximum Gasteiger partial charge on any atom is 0.310 e. The fraction of sp³-hybridized carbons (Fsp3) is 0.429. The number of carboxylic acids is 1. The SMILES string of the molecule is Cc1cc(C)n2ncc(C(=O)NCC(C)(C)C(=O)O)c2n1. The van der Waals surface area contributed by atoms with Crippen LogP contribution in [-0.4, -0.2) is 38.1 Å². The van der Waals surface area contributed by atoms with Crippen molar-refractivity contribution in [2.45, 2.75) is 27.7 Å². The van der Waals surface area contributed by atoms with Crippen molar-refractivity contribution >= 4 is 17.5 Å². The van der Waals surface area contributed by atoms with Crippen molar-refractivity contribution < 1.29 is 14.7 Å². The number of fused-ring (bicyclic) bond motifs is 1. The van der Waals surface area contributed by atoms with Crippen LogP contribution in [0.15, 0.2) is 12.3 Å². The van der Waals surface area contributed by atoms with Crippen LogP contribution in [-0.2, 0) is 4.79 Å². The van der Waals surface area contributed by atoms with Crippen molar-refractivity contribution in [2.75, 3.05) is 6.54 Å². The molecule has 0 unspecified atom stereocenters. The van der Waals surface area contributed by atoms with Gasteiger partial charge in [0.1, 0.15) is 5.56 Å². The van der Waals surface area contributed by atoms with Crippen molar-refractivity contribution in [3.63, 3.8) is 0 Å². The summed E-state index contributed by atoms with van der Waals surface area (Å²) in [5.41, 5.74) is 1.45. The number of nitrogens with zero attached hydrogens (tertiary/aromatic N) is 3. The number of nitrogens with one attached hydrogen (secondary N) is 1. The van der Waals surface area contributed by atoms with Crippen LogP contribution in [0.25, 0.3) is 5.65 Å². The molecule has 0 radical (unpaired) electrons. The molecule has 0 atom stereocenters. The van der Waals surface area contributed by atoms with Gasteiger partial charge in [-0.25, -0.2) is 9.50 Å². The molecule has 0 aliphatic rings. The zero-order chi connectivity index (χ0) is 15.8. The number of aliphatic carboxylic acids is 1. The Hall–Kier alpha value is -2.44. The minimum Gasteiger partial charge on any atom is -0.481 e. The van der Waals surface area contributed by atoms with Crippen molar-refractivity contribution in [1.82, 2.24) is 19.9 Å². The van der Waals surface area contributed by atoms with Crippen LogP contribution in [0.5, 0.6) is 0 Å². The topological polar surface area (TPSA) is 96.6 Å². The lowest BCUT2D eigenvalue weighted by atomic mass is 9.94. The molecule has 0 bridgehead atoms. The van der Waals surface area contributed by atoms with Gasteiger partial charge >= 0.3 is 5.97 Å². The maximum atomic E-state index is 12.2. The molecule has 2 N–H and O–H groups in total. The molecule has 0 saturated heterocycles. The maximum absolute atomic E-state index is 12.2. The van der Waals surface area contributed by atoms with Gasteiger partial charge in [-0.1, -0.05) is 0 Å². The van der Waals surface area contributed by atoms with E-state index in [0.29, 0.717) is 11.2 Å². The van der Waals surface area contributed by atoms with Gasteiger partial charge < -0.3 is 10.4 Å². The van der Waals surface area contributed by atoms with E-state index in [1.807, 2.05) is 19.9 Å². The molecule has 7 heteroatoms. The van der Waals surface area contributed by atoms with E-state index in [-0.39, 0.29) is 12.5 Å². The van der Waals surface area contributed by atoms with Crippen LogP contribution >= 0.6 is 0 Å². The summed E-state index contributed by atoms with van der Waals surface area (Å²) in [5, 5.41) is 15.8. The molecule has 0 spiro atoms. The quantitative estimate of drug-likeness (QED) is 0.881. The first kappa shape index (κ1) is 15.0. The van der Waals surface area contributed by atoms with Gasteiger partial charge in [-0.3, -0.25) is 9.59 Å². The summed E-state index contributed by atoms with van der Waals surface area (Å²) in [7, 11) is 0. The average Bonchev–Trinajstić information content (AvgIpc) is 2.79. The fourth-order valence-corrected chi connectivity index (χ4v) is 1.90. The predicted octanol–water partition coefficient (Wildman–Crippen LogP) is 1.19. The van der Waals surface area contributed by atoms with E-state index in [9.17, 15) is 9.59 Å². The molecule has 21 heavy (non-hydrogen) atoms. The molecule has 2 aromatic rings.